The van der Waals surface area contributed by atoms with Gasteiger partial charge >= 0.3 is 0 Å². The normalized spacial score (nSPS) is 12.6. The molecule has 0 spiro atoms. The molecule has 2 rings (SSSR count). The van der Waals surface area contributed by atoms with Crippen LogP contribution in [0.3, 0.4) is 0 Å². The minimum absolute atomic E-state index is 0.0465. The first-order chi connectivity index (χ1) is 8.20. The smallest absolute Gasteiger partial charge is 0.231 e. The van der Waals surface area contributed by atoms with Gasteiger partial charge in [0.1, 0.15) is 0 Å². The molecule has 0 saturated carbocycles. The number of benzene rings is 1. The van der Waals surface area contributed by atoms with Crippen LogP contribution < -0.4 is 15.2 Å². The van der Waals surface area contributed by atoms with Crippen LogP contribution in [-0.4, -0.2) is 31.2 Å². The average molecular weight is 236 g/mol. The lowest BCUT2D eigenvalue weighted by Gasteiger charge is -2.17. The third kappa shape index (κ3) is 2.68. The number of amides is 1. The van der Waals surface area contributed by atoms with Crippen molar-refractivity contribution in [3.63, 3.8) is 0 Å². The van der Waals surface area contributed by atoms with E-state index in [0.717, 1.165) is 17.1 Å². The highest BCUT2D eigenvalue weighted by molar-refractivity contribution is 5.76. The Morgan fingerprint density at radius 2 is 2.18 bits per heavy atom. The molecule has 1 aliphatic rings. The maximum Gasteiger partial charge on any atom is 0.231 e. The van der Waals surface area contributed by atoms with Crippen molar-refractivity contribution in [2.45, 2.75) is 13.0 Å². The van der Waals surface area contributed by atoms with E-state index in [1.54, 1.807) is 11.9 Å². The van der Waals surface area contributed by atoms with Gasteiger partial charge < -0.3 is 20.1 Å². The summed E-state index contributed by atoms with van der Waals surface area (Å²) in [5.74, 6) is 1.54. The molecule has 1 aromatic rings. The van der Waals surface area contributed by atoms with Crippen LogP contribution >= 0.6 is 0 Å². The fourth-order valence-electron chi connectivity index (χ4n) is 1.72. The zero-order chi connectivity index (χ0) is 12.3. The van der Waals surface area contributed by atoms with Gasteiger partial charge in [-0.15, -0.1) is 0 Å². The lowest BCUT2D eigenvalue weighted by Crippen LogP contribution is -2.27. The number of hydrogen-bond acceptors (Lipinski definition) is 4. The van der Waals surface area contributed by atoms with Gasteiger partial charge in [-0.25, -0.2) is 0 Å². The van der Waals surface area contributed by atoms with Crippen molar-refractivity contribution in [3.05, 3.63) is 23.8 Å². The zero-order valence-corrected chi connectivity index (χ0v) is 9.81. The Balaban J connectivity index is 2.01. The molecule has 1 heterocycles. The monoisotopic (exact) mass is 236 g/mol. The van der Waals surface area contributed by atoms with E-state index in [4.69, 9.17) is 15.2 Å². The van der Waals surface area contributed by atoms with E-state index in [1.165, 1.54) is 0 Å². The fraction of sp³-hybridized carbons (Fsp3) is 0.417. The van der Waals surface area contributed by atoms with Crippen molar-refractivity contribution < 1.29 is 14.3 Å². The maximum absolute atomic E-state index is 11.6. The Morgan fingerprint density at radius 3 is 2.94 bits per heavy atom. The lowest BCUT2D eigenvalue weighted by atomic mass is 10.2. The van der Waals surface area contributed by atoms with Crippen molar-refractivity contribution in [3.8, 4) is 11.5 Å². The van der Waals surface area contributed by atoms with Crippen LogP contribution in [0.4, 0.5) is 0 Å². The molecule has 0 bridgehead atoms. The predicted octanol–water partition coefficient (Wildman–Crippen LogP) is 0.722. The van der Waals surface area contributed by atoms with Crippen LogP contribution in [0, 0.1) is 0 Å². The summed E-state index contributed by atoms with van der Waals surface area (Å²) in [7, 11) is 1.77. The van der Waals surface area contributed by atoms with Gasteiger partial charge in [0.25, 0.3) is 0 Å². The van der Waals surface area contributed by atoms with Crippen molar-refractivity contribution >= 4 is 5.91 Å². The van der Waals surface area contributed by atoms with Crippen LogP contribution in [0.25, 0.3) is 0 Å². The number of rotatable bonds is 4. The predicted molar refractivity (Wildman–Crippen MR) is 62.7 cm³/mol. The number of ether oxygens (including phenoxy) is 2. The van der Waals surface area contributed by atoms with Crippen LogP contribution in [0.5, 0.6) is 11.5 Å². The van der Waals surface area contributed by atoms with Gasteiger partial charge in [-0.05, 0) is 17.7 Å². The van der Waals surface area contributed by atoms with E-state index in [0.29, 0.717) is 19.5 Å². The van der Waals surface area contributed by atoms with Crippen LogP contribution in [-0.2, 0) is 11.3 Å². The van der Waals surface area contributed by atoms with Gasteiger partial charge in [-0.2, -0.15) is 0 Å². The Labute approximate surface area is 100 Å². The van der Waals surface area contributed by atoms with Crippen LogP contribution in [0.15, 0.2) is 18.2 Å². The largest absolute Gasteiger partial charge is 0.454 e. The highest BCUT2D eigenvalue weighted by Gasteiger charge is 2.14. The van der Waals surface area contributed by atoms with Gasteiger partial charge in [-0.3, -0.25) is 4.79 Å². The summed E-state index contributed by atoms with van der Waals surface area (Å²) in [4.78, 5) is 13.2. The third-order valence-corrected chi connectivity index (χ3v) is 2.64. The Bertz CT molecular complexity index is 420. The van der Waals surface area contributed by atoms with Crippen molar-refractivity contribution in [2.24, 2.45) is 5.73 Å². The van der Waals surface area contributed by atoms with Gasteiger partial charge in [-0.1, -0.05) is 6.07 Å². The number of nitrogens with two attached hydrogens (primary N) is 1. The first-order valence-electron chi connectivity index (χ1n) is 5.53. The molecule has 0 fully saturated rings. The number of carbonyl (C=O) groups excluding carboxylic acids is 1. The molecule has 0 atom stereocenters. The zero-order valence-electron chi connectivity index (χ0n) is 9.81. The molecule has 0 saturated heterocycles. The van der Waals surface area contributed by atoms with E-state index in [9.17, 15) is 4.79 Å². The van der Waals surface area contributed by atoms with E-state index in [1.807, 2.05) is 18.2 Å². The molecule has 0 aromatic heterocycles. The number of fused-ring (bicyclic) bond motifs is 1. The lowest BCUT2D eigenvalue weighted by molar-refractivity contribution is -0.130. The van der Waals surface area contributed by atoms with E-state index >= 15 is 0 Å². The van der Waals surface area contributed by atoms with E-state index < -0.39 is 0 Å². The maximum atomic E-state index is 11.6. The molecule has 17 heavy (non-hydrogen) atoms. The van der Waals surface area contributed by atoms with Crippen molar-refractivity contribution in [1.82, 2.24) is 4.90 Å². The molecular weight excluding hydrogens is 220 g/mol. The molecular formula is C12H16N2O3. The minimum Gasteiger partial charge on any atom is -0.454 e. The number of carbonyl (C=O) groups is 1. The summed E-state index contributed by atoms with van der Waals surface area (Å²) < 4.78 is 10.5. The standard InChI is InChI=1S/C12H16N2O3/c1-14(12(15)4-5-13)7-9-2-3-10-11(6-9)17-8-16-10/h2-3,6H,4-5,7-8,13H2,1H3. The van der Waals surface area contributed by atoms with Crippen LogP contribution in [0.2, 0.25) is 0 Å². The van der Waals surface area contributed by atoms with E-state index in [-0.39, 0.29) is 12.7 Å². The molecule has 92 valence electrons. The molecule has 1 aromatic carbocycles. The Hall–Kier alpha value is -1.75. The van der Waals surface area contributed by atoms with Gasteiger partial charge in [0.15, 0.2) is 11.5 Å². The van der Waals surface area contributed by atoms with Gasteiger partial charge in [0.05, 0.1) is 0 Å². The second-order valence-electron chi connectivity index (χ2n) is 3.98. The summed E-state index contributed by atoms with van der Waals surface area (Å²) in [6.07, 6.45) is 0.376. The quantitative estimate of drug-likeness (QED) is 0.836. The average Bonchev–Trinajstić information content (AvgIpc) is 2.76. The molecule has 1 amide bonds. The van der Waals surface area contributed by atoms with Crippen molar-refractivity contribution in [1.29, 1.82) is 0 Å². The minimum atomic E-state index is 0.0465. The topological polar surface area (TPSA) is 64.8 Å². The second kappa shape index (κ2) is 5.05. The summed E-state index contributed by atoms with van der Waals surface area (Å²) in [5.41, 5.74) is 6.37. The molecule has 5 heteroatoms. The summed E-state index contributed by atoms with van der Waals surface area (Å²) in [6.45, 7) is 1.19. The van der Waals surface area contributed by atoms with Gasteiger partial charge in [0.2, 0.25) is 12.7 Å². The number of hydrogen-bond donors (Lipinski definition) is 1. The van der Waals surface area contributed by atoms with E-state index in [2.05, 4.69) is 0 Å². The highest BCUT2D eigenvalue weighted by Crippen LogP contribution is 2.32. The highest BCUT2D eigenvalue weighted by atomic mass is 16.7. The van der Waals surface area contributed by atoms with Crippen LogP contribution in [0.1, 0.15) is 12.0 Å². The molecule has 0 unspecified atom stereocenters. The summed E-state index contributed by atoms with van der Waals surface area (Å²) >= 11 is 0. The summed E-state index contributed by atoms with van der Waals surface area (Å²) in [6, 6.07) is 5.69. The molecule has 5 nitrogen and oxygen atoms in total. The van der Waals surface area contributed by atoms with Gasteiger partial charge in [0, 0.05) is 26.6 Å². The molecule has 1 aliphatic heterocycles. The SMILES string of the molecule is CN(Cc1ccc2c(c1)OCO2)C(=O)CCN. The number of nitrogens with zero attached hydrogens (tertiary/aromatic N) is 1. The van der Waals surface area contributed by atoms with Crippen molar-refractivity contribution in [2.75, 3.05) is 20.4 Å². The summed E-state index contributed by atoms with van der Waals surface area (Å²) in [5, 5.41) is 0. The third-order valence-electron chi connectivity index (χ3n) is 2.64. The molecule has 0 aliphatic carbocycles. The Kier molecular flexibility index (Phi) is 3.49. The fourth-order valence-corrected chi connectivity index (χ4v) is 1.72. The Morgan fingerprint density at radius 1 is 1.41 bits per heavy atom. The first kappa shape index (κ1) is 11.7. The molecule has 0 radical (unpaired) electrons. The first-order valence-corrected chi connectivity index (χ1v) is 5.53. The molecule has 2 N–H and O–H groups in total. The second-order valence-corrected chi connectivity index (χ2v) is 3.98.